The predicted molar refractivity (Wildman–Crippen MR) is 62.5 cm³/mol. The van der Waals surface area contributed by atoms with Crippen LogP contribution in [0.4, 0.5) is 14.7 Å². The van der Waals surface area contributed by atoms with Gasteiger partial charge in [0.1, 0.15) is 11.6 Å². The molecule has 0 aliphatic carbocycles. The monoisotopic (exact) mass is 237 g/mol. The van der Waals surface area contributed by atoms with E-state index in [1.54, 1.807) is 20.2 Å². The molecule has 0 saturated carbocycles. The quantitative estimate of drug-likeness (QED) is 0.870. The molecule has 2 aromatic rings. The van der Waals surface area contributed by atoms with E-state index in [1.807, 2.05) is 0 Å². The lowest BCUT2D eigenvalue weighted by Crippen LogP contribution is -2.04. The smallest absolute Gasteiger partial charge is 0.207 e. The van der Waals surface area contributed by atoms with Gasteiger partial charge in [-0.3, -0.25) is 4.57 Å². The van der Waals surface area contributed by atoms with Crippen molar-refractivity contribution in [3.8, 4) is 5.69 Å². The van der Waals surface area contributed by atoms with Crippen LogP contribution in [0.2, 0.25) is 0 Å². The van der Waals surface area contributed by atoms with Crippen molar-refractivity contribution < 1.29 is 8.78 Å². The van der Waals surface area contributed by atoms with Crippen molar-refractivity contribution in [3.63, 3.8) is 0 Å². The molecule has 0 atom stereocenters. The van der Waals surface area contributed by atoms with Crippen LogP contribution in [0.25, 0.3) is 5.69 Å². The number of benzene rings is 1. The molecule has 0 bridgehead atoms. The van der Waals surface area contributed by atoms with Crippen LogP contribution >= 0.6 is 0 Å². The van der Waals surface area contributed by atoms with E-state index in [0.29, 0.717) is 5.95 Å². The van der Waals surface area contributed by atoms with Crippen LogP contribution in [-0.2, 0) is 0 Å². The van der Waals surface area contributed by atoms with Crippen molar-refractivity contribution in [1.82, 2.24) is 9.55 Å². The Morgan fingerprint density at radius 3 is 2.53 bits per heavy atom. The third kappa shape index (κ3) is 2.00. The first kappa shape index (κ1) is 11.6. The normalized spacial score (nSPS) is 10.6. The van der Waals surface area contributed by atoms with Gasteiger partial charge in [0.05, 0.1) is 11.4 Å². The Morgan fingerprint density at radius 2 is 1.88 bits per heavy atom. The Morgan fingerprint density at radius 1 is 1.18 bits per heavy atom. The summed E-state index contributed by atoms with van der Waals surface area (Å²) in [6.45, 7) is 3.32. The van der Waals surface area contributed by atoms with Crippen molar-refractivity contribution >= 4 is 5.95 Å². The summed E-state index contributed by atoms with van der Waals surface area (Å²) in [6.07, 6.45) is 1.65. The van der Waals surface area contributed by atoms with Gasteiger partial charge in [-0.2, -0.15) is 0 Å². The summed E-state index contributed by atoms with van der Waals surface area (Å²) in [5.41, 5.74) is 1.17. The fourth-order valence-electron chi connectivity index (χ4n) is 1.68. The maximum Gasteiger partial charge on any atom is 0.207 e. The Hall–Kier alpha value is -1.91. The number of aryl methyl sites for hydroxylation is 2. The maximum atomic E-state index is 13.8. The van der Waals surface area contributed by atoms with E-state index in [1.165, 1.54) is 23.6 Å². The van der Waals surface area contributed by atoms with Crippen molar-refractivity contribution in [3.05, 3.63) is 41.2 Å². The standard InChI is InChI=1S/C12H13F2N3/c1-7-4-10(14)11(5-9(7)13)17-6-8(2)16-12(17)15-3/h4-6H,1-3H3,(H,15,16). The molecule has 2 rings (SSSR count). The largest absolute Gasteiger partial charge is 0.358 e. The predicted octanol–water partition coefficient (Wildman–Crippen LogP) is 2.81. The second kappa shape index (κ2) is 4.16. The molecule has 0 radical (unpaired) electrons. The molecule has 1 aromatic carbocycles. The fraction of sp³-hybridized carbons (Fsp3) is 0.250. The summed E-state index contributed by atoms with van der Waals surface area (Å²) in [6, 6.07) is 2.35. The Kier molecular flexibility index (Phi) is 2.83. The highest BCUT2D eigenvalue weighted by molar-refractivity contribution is 5.45. The minimum Gasteiger partial charge on any atom is -0.358 e. The SMILES string of the molecule is CNc1nc(C)cn1-c1cc(F)c(C)cc1F. The first-order chi connectivity index (χ1) is 8.02. The van der Waals surface area contributed by atoms with Crippen LogP contribution in [0, 0.1) is 25.5 Å². The highest BCUT2D eigenvalue weighted by Crippen LogP contribution is 2.22. The van der Waals surface area contributed by atoms with Crippen molar-refractivity contribution in [2.24, 2.45) is 0 Å². The van der Waals surface area contributed by atoms with Gasteiger partial charge in [0.15, 0.2) is 0 Å². The highest BCUT2D eigenvalue weighted by Gasteiger charge is 2.13. The van der Waals surface area contributed by atoms with Gasteiger partial charge >= 0.3 is 0 Å². The lowest BCUT2D eigenvalue weighted by atomic mass is 10.2. The number of rotatable bonds is 2. The van der Waals surface area contributed by atoms with Gasteiger partial charge in [-0.15, -0.1) is 0 Å². The van der Waals surface area contributed by atoms with Crippen molar-refractivity contribution in [1.29, 1.82) is 0 Å². The minimum atomic E-state index is -0.474. The van der Waals surface area contributed by atoms with Gasteiger partial charge in [-0.05, 0) is 25.5 Å². The highest BCUT2D eigenvalue weighted by atomic mass is 19.1. The minimum absolute atomic E-state index is 0.151. The number of nitrogens with zero attached hydrogens (tertiary/aromatic N) is 2. The summed E-state index contributed by atoms with van der Waals surface area (Å²) >= 11 is 0. The zero-order valence-electron chi connectivity index (χ0n) is 9.88. The van der Waals surface area contributed by atoms with E-state index >= 15 is 0 Å². The van der Waals surface area contributed by atoms with Crippen molar-refractivity contribution in [2.75, 3.05) is 12.4 Å². The molecule has 1 N–H and O–H groups in total. The molecule has 0 aliphatic heterocycles. The number of aromatic nitrogens is 2. The number of imidazole rings is 1. The number of hydrogen-bond acceptors (Lipinski definition) is 2. The van der Waals surface area contributed by atoms with Gasteiger partial charge in [0, 0.05) is 19.3 Å². The second-order valence-corrected chi connectivity index (χ2v) is 3.88. The Labute approximate surface area is 98.1 Å². The molecule has 17 heavy (non-hydrogen) atoms. The molecule has 5 heteroatoms. The molecule has 0 unspecified atom stereocenters. The topological polar surface area (TPSA) is 29.9 Å². The lowest BCUT2D eigenvalue weighted by Gasteiger charge is -2.09. The van der Waals surface area contributed by atoms with E-state index in [9.17, 15) is 8.78 Å². The van der Waals surface area contributed by atoms with Crippen LogP contribution in [0.15, 0.2) is 18.3 Å². The molecule has 1 aromatic heterocycles. The molecule has 0 fully saturated rings. The maximum absolute atomic E-state index is 13.8. The van der Waals surface area contributed by atoms with Gasteiger partial charge in [0.25, 0.3) is 0 Å². The van der Waals surface area contributed by atoms with E-state index in [0.717, 1.165) is 5.69 Å². The zero-order valence-corrected chi connectivity index (χ0v) is 9.88. The van der Waals surface area contributed by atoms with Crippen LogP contribution < -0.4 is 5.32 Å². The third-order valence-electron chi connectivity index (χ3n) is 2.54. The summed E-state index contributed by atoms with van der Waals surface area (Å²) in [4.78, 5) is 4.16. The third-order valence-corrected chi connectivity index (χ3v) is 2.54. The Balaban J connectivity index is 2.63. The molecule has 3 nitrogen and oxygen atoms in total. The van der Waals surface area contributed by atoms with E-state index in [-0.39, 0.29) is 11.3 Å². The average molecular weight is 237 g/mol. The van der Waals surface area contributed by atoms with Crippen LogP contribution in [-0.4, -0.2) is 16.6 Å². The molecular formula is C12H13F2N3. The molecule has 0 saturated heterocycles. The molecular weight excluding hydrogens is 224 g/mol. The molecule has 1 heterocycles. The summed E-state index contributed by atoms with van der Waals surface area (Å²) < 4.78 is 28.8. The molecule has 90 valence electrons. The average Bonchev–Trinajstić information content (AvgIpc) is 2.64. The van der Waals surface area contributed by atoms with Gasteiger partial charge < -0.3 is 5.32 Å². The number of halogens is 2. The summed E-state index contributed by atoms with van der Waals surface area (Å²) in [5.74, 6) is -0.433. The first-order valence-electron chi connectivity index (χ1n) is 5.22. The molecule has 0 spiro atoms. The van der Waals surface area contributed by atoms with Crippen molar-refractivity contribution in [2.45, 2.75) is 13.8 Å². The summed E-state index contributed by atoms with van der Waals surface area (Å²) in [7, 11) is 1.68. The second-order valence-electron chi connectivity index (χ2n) is 3.88. The number of nitrogens with one attached hydrogen (secondary N) is 1. The summed E-state index contributed by atoms with van der Waals surface area (Å²) in [5, 5.41) is 2.84. The van der Waals surface area contributed by atoms with Gasteiger partial charge in [-0.25, -0.2) is 13.8 Å². The van der Waals surface area contributed by atoms with Crippen LogP contribution in [0.5, 0.6) is 0 Å². The zero-order chi connectivity index (χ0) is 12.6. The van der Waals surface area contributed by atoms with Gasteiger partial charge in [0.2, 0.25) is 5.95 Å². The van der Waals surface area contributed by atoms with Crippen LogP contribution in [0.3, 0.4) is 0 Å². The van der Waals surface area contributed by atoms with E-state index in [4.69, 9.17) is 0 Å². The number of hydrogen-bond donors (Lipinski definition) is 1. The number of anilines is 1. The Bertz CT molecular complexity index is 561. The van der Waals surface area contributed by atoms with E-state index < -0.39 is 11.6 Å². The van der Waals surface area contributed by atoms with Gasteiger partial charge in [-0.1, -0.05) is 0 Å². The molecule has 0 amide bonds. The first-order valence-corrected chi connectivity index (χ1v) is 5.22. The van der Waals surface area contributed by atoms with Crippen LogP contribution in [0.1, 0.15) is 11.3 Å². The molecule has 0 aliphatic rings. The fourth-order valence-corrected chi connectivity index (χ4v) is 1.68. The lowest BCUT2D eigenvalue weighted by molar-refractivity contribution is 0.586. The van der Waals surface area contributed by atoms with E-state index in [2.05, 4.69) is 10.3 Å².